The fourth-order valence-corrected chi connectivity index (χ4v) is 5.61. The fourth-order valence-electron chi connectivity index (χ4n) is 5.61. The lowest BCUT2D eigenvalue weighted by molar-refractivity contribution is -0.0249. The number of aliphatic hydroxyl groups is 1. The second-order valence-corrected chi connectivity index (χ2v) is 9.43. The quantitative estimate of drug-likeness (QED) is 0.829. The van der Waals surface area contributed by atoms with E-state index in [-0.39, 0.29) is 11.9 Å². The lowest BCUT2D eigenvalue weighted by Crippen LogP contribution is -2.55. The number of hydrogen-bond acceptors (Lipinski definition) is 5. The van der Waals surface area contributed by atoms with Gasteiger partial charge in [-0.15, -0.1) is 0 Å². The van der Waals surface area contributed by atoms with E-state index in [4.69, 9.17) is 0 Å². The van der Waals surface area contributed by atoms with Crippen LogP contribution in [-0.2, 0) is 6.54 Å². The van der Waals surface area contributed by atoms with Crippen molar-refractivity contribution in [3.05, 3.63) is 48.0 Å². The molecule has 162 valence electrons. The summed E-state index contributed by atoms with van der Waals surface area (Å²) < 4.78 is 15.0. The largest absolute Gasteiger partial charge is 0.391 e. The van der Waals surface area contributed by atoms with Crippen molar-refractivity contribution in [1.82, 2.24) is 24.5 Å². The van der Waals surface area contributed by atoms with Crippen LogP contribution >= 0.6 is 0 Å². The molecule has 0 spiro atoms. The highest BCUT2D eigenvalue weighted by Crippen LogP contribution is 2.39. The number of likely N-dealkylation sites (tertiary alicyclic amines) is 1. The topological polar surface area (TPSA) is 47.8 Å². The van der Waals surface area contributed by atoms with Crippen molar-refractivity contribution in [3.8, 4) is 5.69 Å². The molecule has 4 atom stereocenters. The smallest absolute Gasteiger partial charge is 0.123 e. The van der Waals surface area contributed by atoms with E-state index in [0.29, 0.717) is 17.9 Å². The van der Waals surface area contributed by atoms with Crippen molar-refractivity contribution < 1.29 is 9.50 Å². The van der Waals surface area contributed by atoms with Gasteiger partial charge in [-0.05, 0) is 56.0 Å². The van der Waals surface area contributed by atoms with Gasteiger partial charge in [-0.2, -0.15) is 5.10 Å². The molecule has 2 aliphatic heterocycles. The van der Waals surface area contributed by atoms with E-state index in [1.807, 2.05) is 17.1 Å². The van der Waals surface area contributed by atoms with Crippen molar-refractivity contribution in [2.45, 2.75) is 31.5 Å². The molecule has 7 heteroatoms. The monoisotopic (exact) mass is 413 g/mol. The lowest BCUT2D eigenvalue weighted by atomic mass is 9.77. The van der Waals surface area contributed by atoms with Crippen LogP contribution in [0.4, 0.5) is 4.39 Å². The maximum absolute atomic E-state index is 13.2. The first-order valence-corrected chi connectivity index (χ1v) is 11.2. The summed E-state index contributed by atoms with van der Waals surface area (Å²) in [6.45, 7) is 7.37. The zero-order chi connectivity index (χ0) is 20.7. The molecule has 1 N–H and O–H groups in total. The van der Waals surface area contributed by atoms with Crippen molar-refractivity contribution in [1.29, 1.82) is 0 Å². The number of nitrogens with zero attached hydrogens (tertiary/aromatic N) is 5. The van der Waals surface area contributed by atoms with E-state index < -0.39 is 0 Å². The standard InChI is InChI=1S/C23H32FN5O/c1-26-6-8-28(9-7-26)22-10-18-15-27(16-19(18)11-23(22)30)13-17-12-25-29(14-17)21-4-2-20(24)3-5-21/h2-5,12,14,18-19,22-23,30H,6-11,13,15-16H2,1H3/t18-,19+,22-,23-/m1/s1. The summed E-state index contributed by atoms with van der Waals surface area (Å²) >= 11 is 0. The van der Waals surface area contributed by atoms with Crippen LogP contribution in [0.5, 0.6) is 0 Å². The van der Waals surface area contributed by atoms with Gasteiger partial charge in [0.2, 0.25) is 0 Å². The van der Waals surface area contributed by atoms with Gasteiger partial charge < -0.3 is 10.0 Å². The van der Waals surface area contributed by atoms with Crippen LogP contribution in [0, 0.1) is 17.7 Å². The molecule has 1 saturated carbocycles. The predicted octanol–water partition coefficient (Wildman–Crippen LogP) is 1.83. The number of benzene rings is 1. The number of rotatable bonds is 4. The Morgan fingerprint density at radius 2 is 1.73 bits per heavy atom. The Kier molecular flexibility index (Phi) is 5.62. The summed E-state index contributed by atoms with van der Waals surface area (Å²) in [4.78, 5) is 7.41. The van der Waals surface area contributed by atoms with E-state index in [9.17, 15) is 9.50 Å². The van der Waals surface area contributed by atoms with Gasteiger partial charge in [-0.25, -0.2) is 9.07 Å². The molecule has 3 heterocycles. The van der Waals surface area contributed by atoms with E-state index in [2.05, 4.69) is 26.8 Å². The third-order valence-electron chi connectivity index (χ3n) is 7.33. The number of fused-ring (bicyclic) bond motifs is 1. The minimum Gasteiger partial charge on any atom is -0.391 e. The number of aromatic nitrogens is 2. The van der Waals surface area contributed by atoms with Crippen LogP contribution in [-0.4, -0.2) is 88.0 Å². The summed E-state index contributed by atoms with van der Waals surface area (Å²) in [6, 6.07) is 6.74. The number of piperazine rings is 1. The molecule has 1 aromatic carbocycles. The zero-order valence-corrected chi connectivity index (χ0v) is 17.7. The Balaban J connectivity index is 1.19. The molecule has 6 nitrogen and oxygen atoms in total. The Morgan fingerprint density at radius 3 is 2.47 bits per heavy atom. The van der Waals surface area contributed by atoms with Gasteiger partial charge in [0, 0.05) is 63.6 Å². The third-order valence-corrected chi connectivity index (χ3v) is 7.33. The maximum Gasteiger partial charge on any atom is 0.123 e. The molecule has 0 unspecified atom stereocenters. The number of aliphatic hydroxyl groups excluding tert-OH is 1. The second kappa shape index (κ2) is 8.38. The average Bonchev–Trinajstić information content (AvgIpc) is 3.35. The van der Waals surface area contributed by atoms with Crippen molar-refractivity contribution in [2.75, 3.05) is 46.3 Å². The molecule has 30 heavy (non-hydrogen) atoms. The number of hydrogen-bond donors (Lipinski definition) is 1. The Bertz CT molecular complexity index is 848. The highest BCUT2D eigenvalue weighted by atomic mass is 19.1. The molecular weight excluding hydrogens is 381 g/mol. The summed E-state index contributed by atoms with van der Waals surface area (Å²) in [5.41, 5.74) is 2.05. The van der Waals surface area contributed by atoms with Crippen LogP contribution in [0.1, 0.15) is 18.4 Å². The molecule has 0 radical (unpaired) electrons. The highest BCUT2D eigenvalue weighted by Gasteiger charge is 2.43. The van der Waals surface area contributed by atoms with Gasteiger partial charge in [0.15, 0.2) is 0 Å². The van der Waals surface area contributed by atoms with E-state index in [1.54, 1.807) is 12.1 Å². The molecule has 3 aliphatic rings. The van der Waals surface area contributed by atoms with Gasteiger partial charge in [0.1, 0.15) is 5.82 Å². The number of halogens is 1. The zero-order valence-electron chi connectivity index (χ0n) is 17.7. The van der Waals surface area contributed by atoms with Crippen LogP contribution in [0.2, 0.25) is 0 Å². The van der Waals surface area contributed by atoms with Crippen LogP contribution < -0.4 is 0 Å². The Morgan fingerprint density at radius 1 is 1.03 bits per heavy atom. The Hall–Kier alpha value is -1.80. The molecule has 1 aromatic heterocycles. The summed E-state index contributed by atoms with van der Waals surface area (Å²) in [5.74, 6) is 1.03. The van der Waals surface area contributed by atoms with Crippen LogP contribution in [0.25, 0.3) is 5.69 Å². The van der Waals surface area contributed by atoms with Crippen LogP contribution in [0.15, 0.2) is 36.7 Å². The first-order valence-electron chi connectivity index (χ1n) is 11.2. The van der Waals surface area contributed by atoms with Gasteiger partial charge in [-0.1, -0.05) is 0 Å². The van der Waals surface area contributed by atoms with E-state index in [0.717, 1.165) is 64.3 Å². The lowest BCUT2D eigenvalue weighted by Gasteiger charge is -2.44. The SMILES string of the molecule is CN1CCN([C@@H]2C[C@@H]3CN(Cc4cnn(-c5ccc(F)cc5)c4)C[C@@H]3C[C@H]2O)CC1. The van der Waals surface area contributed by atoms with Gasteiger partial charge in [0.25, 0.3) is 0 Å². The van der Waals surface area contributed by atoms with Gasteiger partial charge >= 0.3 is 0 Å². The molecule has 3 fully saturated rings. The summed E-state index contributed by atoms with van der Waals surface area (Å²) in [7, 11) is 2.18. The average molecular weight is 414 g/mol. The Labute approximate surface area is 177 Å². The molecular formula is C23H32FN5O. The van der Waals surface area contributed by atoms with Crippen molar-refractivity contribution in [3.63, 3.8) is 0 Å². The molecule has 5 rings (SSSR count). The summed E-state index contributed by atoms with van der Waals surface area (Å²) in [6.07, 6.45) is 5.79. The van der Waals surface area contributed by atoms with Crippen molar-refractivity contribution >= 4 is 0 Å². The highest BCUT2D eigenvalue weighted by molar-refractivity contribution is 5.31. The third kappa shape index (κ3) is 4.17. The predicted molar refractivity (Wildman–Crippen MR) is 114 cm³/mol. The van der Waals surface area contributed by atoms with E-state index in [1.165, 1.54) is 17.7 Å². The molecule has 0 bridgehead atoms. The van der Waals surface area contributed by atoms with Crippen LogP contribution in [0.3, 0.4) is 0 Å². The van der Waals surface area contributed by atoms with Gasteiger partial charge in [0.05, 0.1) is 18.0 Å². The minimum absolute atomic E-state index is 0.198. The molecule has 2 saturated heterocycles. The normalized spacial score (nSPS) is 31.2. The van der Waals surface area contributed by atoms with Crippen molar-refractivity contribution in [2.24, 2.45) is 11.8 Å². The minimum atomic E-state index is -0.233. The molecule has 2 aromatic rings. The molecule has 1 aliphatic carbocycles. The molecule has 0 amide bonds. The number of likely N-dealkylation sites (N-methyl/N-ethyl adjacent to an activating group) is 1. The first-order chi connectivity index (χ1) is 14.5. The second-order valence-electron chi connectivity index (χ2n) is 9.43. The first kappa shape index (κ1) is 20.1. The summed E-state index contributed by atoms with van der Waals surface area (Å²) in [5, 5.41) is 15.3. The van der Waals surface area contributed by atoms with E-state index >= 15 is 0 Å². The van der Waals surface area contributed by atoms with Gasteiger partial charge in [-0.3, -0.25) is 9.80 Å². The maximum atomic E-state index is 13.2. The fraction of sp³-hybridized carbons (Fsp3) is 0.609.